The summed E-state index contributed by atoms with van der Waals surface area (Å²) in [6, 6.07) is 15.4. The lowest BCUT2D eigenvalue weighted by atomic mass is 10.3. The van der Waals surface area contributed by atoms with Crippen molar-refractivity contribution < 1.29 is 4.63 Å². The van der Waals surface area contributed by atoms with Gasteiger partial charge in [0, 0.05) is 0 Å². The summed E-state index contributed by atoms with van der Waals surface area (Å²) in [6.45, 7) is 0.741. The molecule has 11 heteroatoms. The molecule has 27 heavy (non-hydrogen) atoms. The number of benzene rings is 2. The lowest BCUT2D eigenvalue weighted by Crippen LogP contribution is -2.13. The summed E-state index contributed by atoms with van der Waals surface area (Å²) in [6.07, 6.45) is 0. The molecule has 0 radical (unpaired) electrons. The fourth-order valence-corrected chi connectivity index (χ4v) is 2.79. The van der Waals surface area contributed by atoms with E-state index in [1.807, 2.05) is 48.5 Å². The van der Waals surface area contributed by atoms with Gasteiger partial charge < -0.3 is 10.6 Å². The second-order valence-electron chi connectivity index (χ2n) is 5.79. The summed E-state index contributed by atoms with van der Waals surface area (Å²) in [5.41, 5.74) is 3.50. The van der Waals surface area contributed by atoms with E-state index in [1.165, 1.54) is 0 Å². The average Bonchev–Trinajstić information content (AvgIpc) is 3.43. The van der Waals surface area contributed by atoms with Gasteiger partial charge in [-0.2, -0.15) is 0 Å². The Morgan fingerprint density at radius 1 is 0.704 bits per heavy atom. The monoisotopic (exact) mass is 362 g/mol. The zero-order valence-electron chi connectivity index (χ0n) is 14.0. The molecule has 0 amide bonds. The van der Waals surface area contributed by atoms with E-state index in [0.29, 0.717) is 25.0 Å². The molecule has 2 aromatic carbocycles. The van der Waals surface area contributed by atoms with E-state index in [9.17, 15) is 0 Å². The average molecular weight is 362 g/mol. The van der Waals surface area contributed by atoms with Gasteiger partial charge in [-0.25, -0.2) is 14.0 Å². The summed E-state index contributed by atoms with van der Waals surface area (Å²) >= 11 is 0. The summed E-state index contributed by atoms with van der Waals surface area (Å²) in [5, 5.41) is 30.6. The number of nitrogens with zero attached hydrogens (tertiary/aromatic N) is 8. The third kappa shape index (κ3) is 2.80. The molecule has 5 rings (SSSR count). The fraction of sp³-hybridized carbons (Fsp3) is 0.125. The van der Waals surface area contributed by atoms with Crippen LogP contribution in [0.3, 0.4) is 0 Å². The number of hydrogen-bond donors (Lipinski definition) is 2. The van der Waals surface area contributed by atoms with Gasteiger partial charge in [0.15, 0.2) is 0 Å². The Morgan fingerprint density at radius 3 is 1.70 bits per heavy atom. The Labute approximate surface area is 151 Å². The van der Waals surface area contributed by atoms with Gasteiger partial charge in [0.2, 0.25) is 11.6 Å². The van der Waals surface area contributed by atoms with Crippen LogP contribution in [-0.2, 0) is 13.3 Å². The minimum atomic E-state index is 0.371. The molecule has 0 aliphatic rings. The van der Waals surface area contributed by atoms with Crippen LogP contribution in [0.5, 0.6) is 0 Å². The first-order valence-electron chi connectivity index (χ1n) is 8.25. The van der Waals surface area contributed by atoms with Crippen LogP contribution in [0.4, 0.5) is 11.6 Å². The third-order valence-corrected chi connectivity index (χ3v) is 4.12. The van der Waals surface area contributed by atoms with Gasteiger partial charge in [-0.05, 0) is 34.6 Å². The highest BCUT2D eigenvalue weighted by Gasteiger charge is 2.12. The number of rotatable bonds is 6. The third-order valence-electron chi connectivity index (χ3n) is 4.12. The molecule has 2 N–H and O–H groups in total. The first kappa shape index (κ1) is 15.3. The van der Waals surface area contributed by atoms with Crippen molar-refractivity contribution in [3.05, 3.63) is 48.5 Å². The van der Waals surface area contributed by atoms with E-state index < -0.39 is 0 Å². The second kappa shape index (κ2) is 6.37. The van der Waals surface area contributed by atoms with Gasteiger partial charge in [-0.15, -0.1) is 10.2 Å². The molecular weight excluding hydrogens is 348 g/mol. The minimum absolute atomic E-state index is 0.371. The Morgan fingerprint density at radius 2 is 1.19 bits per heavy atom. The van der Waals surface area contributed by atoms with Crippen molar-refractivity contribution in [1.29, 1.82) is 0 Å². The van der Waals surface area contributed by atoms with Crippen LogP contribution < -0.4 is 10.6 Å². The van der Waals surface area contributed by atoms with Crippen LogP contribution in [-0.4, -0.2) is 40.3 Å². The van der Waals surface area contributed by atoms with Crippen LogP contribution in [0.25, 0.3) is 22.1 Å². The highest BCUT2D eigenvalue weighted by Crippen LogP contribution is 2.18. The van der Waals surface area contributed by atoms with Crippen molar-refractivity contribution in [2.45, 2.75) is 13.3 Å². The summed E-state index contributed by atoms with van der Waals surface area (Å²) in [5.74, 6) is 0.943. The van der Waals surface area contributed by atoms with Crippen LogP contribution in [0, 0.1) is 0 Å². The Balaban J connectivity index is 1.29. The molecule has 3 aromatic heterocycles. The quantitative estimate of drug-likeness (QED) is 0.464. The van der Waals surface area contributed by atoms with E-state index in [0.717, 1.165) is 22.1 Å². The predicted octanol–water partition coefficient (Wildman–Crippen LogP) is 1.70. The smallest absolute Gasteiger partial charge is 0.216 e. The molecule has 0 aliphatic carbocycles. The molecule has 0 atom stereocenters. The molecular formula is C16H14N10O. The van der Waals surface area contributed by atoms with E-state index in [1.54, 1.807) is 9.36 Å². The summed E-state index contributed by atoms with van der Waals surface area (Å²) in [7, 11) is 0. The molecule has 5 aromatic rings. The molecule has 0 bridgehead atoms. The topological polar surface area (TPSA) is 124 Å². The highest BCUT2D eigenvalue weighted by molar-refractivity contribution is 5.74. The van der Waals surface area contributed by atoms with Gasteiger partial charge in [-0.3, -0.25) is 0 Å². The van der Waals surface area contributed by atoms with Crippen LogP contribution >= 0.6 is 0 Å². The Bertz CT molecular complexity index is 1110. The summed E-state index contributed by atoms with van der Waals surface area (Å²) < 4.78 is 8.31. The van der Waals surface area contributed by atoms with Crippen molar-refractivity contribution in [3.8, 4) is 0 Å². The molecule has 11 nitrogen and oxygen atoms in total. The number of hydrogen-bond acceptors (Lipinski definition) is 9. The summed E-state index contributed by atoms with van der Waals surface area (Å²) in [4.78, 5) is 0. The largest absolute Gasteiger partial charge is 0.345 e. The standard InChI is InChI=1S/C16H14N10O/c1-3-7-13-11(5-1)19-23-25(13)9-17-15-16(22-27-21-15)18-10-26-14-8-4-2-6-12(14)20-24-26/h1-8H,9-10H2,(H,17,21)(H,18,22). The Hall–Kier alpha value is -4.02. The lowest BCUT2D eigenvalue weighted by molar-refractivity contribution is 0.309. The van der Waals surface area contributed by atoms with Crippen molar-refractivity contribution in [2.75, 3.05) is 10.6 Å². The molecule has 0 saturated heterocycles. The lowest BCUT2D eigenvalue weighted by Gasteiger charge is -2.07. The van der Waals surface area contributed by atoms with Crippen molar-refractivity contribution in [3.63, 3.8) is 0 Å². The zero-order chi connectivity index (χ0) is 18.1. The van der Waals surface area contributed by atoms with E-state index >= 15 is 0 Å². The van der Waals surface area contributed by atoms with Gasteiger partial charge in [0.1, 0.15) is 24.4 Å². The first-order valence-corrected chi connectivity index (χ1v) is 8.25. The maximum atomic E-state index is 4.84. The van der Waals surface area contributed by atoms with Crippen molar-refractivity contribution in [1.82, 2.24) is 40.3 Å². The van der Waals surface area contributed by atoms with Crippen LogP contribution in [0.15, 0.2) is 53.2 Å². The van der Waals surface area contributed by atoms with E-state index in [2.05, 4.69) is 41.6 Å². The van der Waals surface area contributed by atoms with E-state index in [4.69, 9.17) is 4.63 Å². The number of anilines is 2. The molecule has 0 unspecified atom stereocenters. The number of para-hydroxylation sites is 2. The zero-order valence-corrected chi connectivity index (χ0v) is 14.0. The predicted molar refractivity (Wildman–Crippen MR) is 96.6 cm³/mol. The minimum Gasteiger partial charge on any atom is -0.345 e. The molecule has 0 aliphatic heterocycles. The fourth-order valence-electron chi connectivity index (χ4n) is 2.79. The van der Waals surface area contributed by atoms with Crippen LogP contribution in [0.2, 0.25) is 0 Å². The van der Waals surface area contributed by atoms with Gasteiger partial charge >= 0.3 is 0 Å². The SMILES string of the molecule is c1ccc2c(c1)nnn2CNc1nonc1NCn1nnc2ccccc21. The number of fused-ring (bicyclic) bond motifs is 2. The van der Waals surface area contributed by atoms with Gasteiger partial charge in [-0.1, -0.05) is 34.7 Å². The Kier molecular flexibility index (Phi) is 3.60. The molecule has 0 saturated carbocycles. The highest BCUT2D eigenvalue weighted by atomic mass is 16.6. The molecule has 0 spiro atoms. The normalized spacial score (nSPS) is 11.3. The molecule has 0 fully saturated rings. The van der Waals surface area contributed by atoms with E-state index in [-0.39, 0.29) is 0 Å². The number of nitrogens with one attached hydrogen (secondary N) is 2. The van der Waals surface area contributed by atoms with Gasteiger partial charge in [0.05, 0.1) is 11.0 Å². The van der Waals surface area contributed by atoms with Crippen LogP contribution in [0.1, 0.15) is 0 Å². The maximum absolute atomic E-state index is 4.84. The maximum Gasteiger partial charge on any atom is 0.216 e. The second-order valence-corrected chi connectivity index (χ2v) is 5.79. The van der Waals surface area contributed by atoms with Crippen molar-refractivity contribution in [2.24, 2.45) is 0 Å². The molecule has 134 valence electrons. The first-order chi connectivity index (χ1) is 13.4. The van der Waals surface area contributed by atoms with Gasteiger partial charge in [0.25, 0.3) is 0 Å². The van der Waals surface area contributed by atoms with Crippen molar-refractivity contribution >= 4 is 33.7 Å². The number of aromatic nitrogens is 8. The molecule has 3 heterocycles.